The lowest BCUT2D eigenvalue weighted by molar-refractivity contribution is 0.555. The van der Waals surface area contributed by atoms with E-state index in [9.17, 15) is 0 Å². The molecule has 0 saturated heterocycles. The number of nitrogens with zero attached hydrogens (tertiary/aromatic N) is 3. The Bertz CT molecular complexity index is 525. The van der Waals surface area contributed by atoms with Gasteiger partial charge in [-0.1, -0.05) is 26.8 Å². The van der Waals surface area contributed by atoms with Gasteiger partial charge in [-0.05, 0) is 25.0 Å². The van der Waals surface area contributed by atoms with E-state index >= 15 is 0 Å². The SMILES string of the molecule is Cc1ccc(CCNc2nc(C(C)(C)C)ns2)cn1. The van der Waals surface area contributed by atoms with E-state index in [-0.39, 0.29) is 5.41 Å². The van der Waals surface area contributed by atoms with E-state index in [0.29, 0.717) is 0 Å². The minimum absolute atomic E-state index is 0.0112. The summed E-state index contributed by atoms with van der Waals surface area (Å²) in [4.78, 5) is 8.80. The molecule has 0 fully saturated rings. The first-order valence-electron chi connectivity index (χ1n) is 6.45. The van der Waals surface area contributed by atoms with E-state index < -0.39 is 0 Å². The second-order valence-electron chi connectivity index (χ2n) is 5.66. The zero-order valence-corrected chi connectivity index (χ0v) is 12.7. The number of pyridine rings is 1. The highest BCUT2D eigenvalue weighted by Gasteiger charge is 2.19. The molecule has 4 nitrogen and oxygen atoms in total. The van der Waals surface area contributed by atoms with Crippen molar-refractivity contribution in [3.8, 4) is 0 Å². The summed E-state index contributed by atoms with van der Waals surface area (Å²) in [6.45, 7) is 9.21. The van der Waals surface area contributed by atoms with Crippen molar-refractivity contribution >= 4 is 16.7 Å². The van der Waals surface area contributed by atoms with Gasteiger partial charge in [-0.2, -0.15) is 4.37 Å². The highest BCUT2D eigenvalue weighted by molar-refractivity contribution is 7.09. The van der Waals surface area contributed by atoms with Crippen molar-refractivity contribution in [3.05, 3.63) is 35.4 Å². The third-order valence-corrected chi connectivity index (χ3v) is 3.43. The fraction of sp³-hybridized carbons (Fsp3) is 0.500. The van der Waals surface area contributed by atoms with Crippen molar-refractivity contribution in [3.63, 3.8) is 0 Å². The summed E-state index contributed by atoms with van der Waals surface area (Å²) in [7, 11) is 0. The number of hydrogen-bond acceptors (Lipinski definition) is 5. The fourth-order valence-corrected chi connectivity index (χ4v) is 2.34. The predicted molar refractivity (Wildman–Crippen MR) is 79.8 cm³/mol. The van der Waals surface area contributed by atoms with Crippen LogP contribution in [-0.2, 0) is 11.8 Å². The molecular formula is C14H20N4S. The highest BCUT2D eigenvalue weighted by atomic mass is 32.1. The molecular weight excluding hydrogens is 256 g/mol. The normalized spacial score (nSPS) is 11.6. The average molecular weight is 276 g/mol. The Morgan fingerprint density at radius 2 is 2.05 bits per heavy atom. The second kappa shape index (κ2) is 5.65. The van der Waals surface area contributed by atoms with Crippen LogP contribution >= 0.6 is 11.5 Å². The zero-order valence-electron chi connectivity index (χ0n) is 11.9. The summed E-state index contributed by atoms with van der Waals surface area (Å²) in [6.07, 6.45) is 2.87. The minimum Gasteiger partial charge on any atom is -0.360 e. The largest absolute Gasteiger partial charge is 0.360 e. The molecule has 0 atom stereocenters. The Balaban J connectivity index is 1.86. The van der Waals surface area contributed by atoms with Crippen LogP contribution in [0.4, 0.5) is 5.13 Å². The molecule has 2 aromatic rings. The van der Waals surface area contributed by atoms with Crippen LogP contribution in [0.2, 0.25) is 0 Å². The first kappa shape index (κ1) is 13.9. The molecule has 0 amide bonds. The van der Waals surface area contributed by atoms with Crippen LogP contribution in [0.5, 0.6) is 0 Å². The first-order valence-corrected chi connectivity index (χ1v) is 7.22. The van der Waals surface area contributed by atoms with E-state index in [1.165, 1.54) is 17.1 Å². The van der Waals surface area contributed by atoms with Crippen LogP contribution in [0.3, 0.4) is 0 Å². The summed E-state index contributed by atoms with van der Waals surface area (Å²) in [5.41, 5.74) is 2.30. The van der Waals surface area contributed by atoms with E-state index in [0.717, 1.165) is 29.6 Å². The van der Waals surface area contributed by atoms with E-state index in [4.69, 9.17) is 0 Å². The number of aryl methyl sites for hydroxylation is 1. The summed E-state index contributed by atoms with van der Waals surface area (Å²) >= 11 is 1.43. The Morgan fingerprint density at radius 3 is 2.63 bits per heavy atom. The smallest absolute Gasteiger partial charge is 0.202 e. The average Bonchev–Trinajstić information content (AvgIpc) is 2.80. The van der Waals surface area contributed by atoms with Gasteiger partial charge in [0.15, 0.2) is 0 Å². The van der Waals surface area contributed by atoms with E-state index in [1.807, 2.05) is 19.2 Å². The number of anilines is 1. The van der Waals surface area contributed by atoms with Crippen LogP contribution in [0.1, 0.15) is 37.9 Å². The predicted octanol–water partition coefficient (Wildman–Crippen LogP) is 3.19. The molecule has 0 aromatic carbocycles. The van der Waals surface area contributed by atoms with Crippen molar-refractivity contribution in [2.45, 2.75) is 39.5 Å². The van der Waals surface area contributed by atoms with Crippen molar-refractivity contribution in [1.29, 1.82) is 0 Å². The quantitative estimate of drug-likeness (QED) is 0.931. The Hall–Kier alpha value is -1.49. The lowest BCUT2D eigenvalue weighted by atomic mass is 9.96. The van der Waals surface area contributed by atoms with Gasteiger partial charge in [-0.3, -0.25) is 4.98 Å². The summed E-state index contributed by atoms with van der Waals surface area (Å²) in [5.74, 6) is 0.900. The molecule has 2 rings (SSSR count). The maximum atomic E-state index is 4.51. The Morgan fingerprint density at radius 1 is 1.26 bits per heavy atom. The third-order valence-electron chi connectivity index (χ3n) is 2.76. The standard InChI is InChI=1S/C14H20N4S/c1-10-5-6-11(9-16-10)7-8-15-13-17-12(18-19-13)14(2,3)4/h5-6,9H,7-8H2,1-4H3,(H,15,17,18). The second-order valence-corrected chi connectivity index (χ2v) is 6.41. The van der Waals surface area contributed by atoms with Crippen molar-refractivity contribution < 1.29 is 0 Å². The van der Waals surface area contributed by atoms with Crippen LogP contribution < -0.4 is 5.32 Å². The lowest BCUT2D eigenvalue weighted by Gasteiger charge is -2.12. The van der Waals surface area contributed by atoms with Crippen LogP contribution in [0.15, 0.2) is 18.3 Å². The number of rotatable bonds is 4. The molecule has 0 unspecified atom stereocenters. The van der Waals surface area contributed by atoms with Gasteiger partial charge in [0.25, 0.3) is 0 Å². The molecule has 2 aromatic heterocycles. The zero-order chi connectivity index (χ0) is 13.9. The van der Waals surface area contributed by atoms with Gasteiger partial charge in [0, 0.05) is 35.4 Å². The monoisotopic (exact) mass is 276 g/mol. The molecule has 19 heavy (non-hydrogen) atoms. The Kier molecular flexibility index (Phi) is 4.14. The fourth-order valence-electron chi connectivity index (χ4n) is 1.56. The minimum atomic E-state index is 0.0112. The molecule has 1 N–H and O–H groups in total. The molecule has 0 spiro atoms. The van der Waals surface area contributed by atoms with Crippen LogP contribution in [0, 0.1) is 6.92 Å². The van der Waals surface area contributed by atoms with Crippen molar-refractivity contribution in [1.82, 2.24) is 14.3 Å². The highest BCUT2D eigenvalue weighted by Crippen LogP contribution is 2.22. The molecule has 0 radical (unpaired) electrons. The number of aromatic nitrogens is 3. The molecule has 0 saturated carbocycles. The summed E-state index contributed by atoms with van der Waals surface area (Å²) in [6, 6.07) is 4.16. The van der Waals surface area contributed by atoms with Crippen LogP contribution in [0.25, 0.3) is 0 Å². The summed E-state index contributed by atoms with van der Waals surface area (Å²) in [5, 5.41) is 4.21. The van der Waals surface area contributed by atoms with Crippen molar-refractivity contribution in [2.75, 3.05) is 11.9 Å². The molecule has 0 aliphatic rings. The van der Waals surface area contributed by atoms with E-state index in [1.54, 1.807) is 0 Å². The topological polar surface area (TPSA) is 50.7 Å². The first-order chi connectivity index (χ1) is 8.95. The molecule has 0 bridgehead atoms. The van der Waals surface area contributed by atoms with Crippen LogP contribution in [-0.4, -0.2) is 20.9 Å². The maximum absolute atomic E-state index is 4.51. The van der Waals surface area contributed by atoms with E-state index in [2.05, 4.69) is 46.5 Å². The van der Waals surface area contributed by atoms with Gasteiger partial charge in [0.2, 0.25) is 5.13 Å². The van der Waals surface area contributed by atoms with Gasteiger partial charge in [-0.15, -0.1) is 0 Å². The third kappa shape index (κ3) is 3.99. The maximum Gasteiger partial charge on any atom is 0.202 e. The number of hydrogen-bond donors (Lipinski definition) is 1. The number of nitrogens with one attached hydrogen (secondary N) is 1. The Labute approximate surface area is 118 Å². The molecule has 0 aliphatic heterocycles. The van der Waals surface area contributed by atoms with Gasteiger partial charge in [0.05, 0.1) is 0 Å². The lowest BCUT2D eigenvalue weighted by Crippen LogP contribution is -2.13. The van der Waals surface area contributed by atoms with Gasteiger partial charge < -0.3 is 5.32 Å². The molecule has 102 valence electrons. The summed E-state index contributed by atoms with van der Waals surface area (Å²) < 4.78 is 4.38. The molecule has 5 heteroatoms. The van der Waals surface area contributed by atoms with Gasteiger partial charge in [0.1, 0.15) is 5.82 Å². The molecule has 0 aliphatic carbocycles. The van der Waals surface area contributed by atoms with Gasteiger partial charge in [-0.25, -0.2) is 4.98 Å². The van der Waals surface area contributed by atoms with Crippen molar-refractivity contribution in [2.24, 2.45) is 0 Å². The van der Waals surface area contributed by atoms with Gasteiger partial charge >= 0.3 is 0 Å². The molecule has 2 heterocycles.